The van der Waals surface area contributed by atoms with Crippen LogP contribution in [0.2, 0.25) is 0 Å². The summed E-state index contributed by atoms with van der Waals surface area (Å²) in [6, 6.07) is 6.13. The number of hydrogen-bond acceptors (Lipinski definition) is 2. The van der Waals surface area contributed by atoms with Crippen molar-refractivity contribution in [2.75, 3.05) is 6.54 Å². The molecular weight excluding hydrogens is 260 g/mol. The van der Waals surface area contributed by atoms with Crippen molar-refractivity contribution in [2.45, 2.75) is 52.0 Å². The van der Waals surface area contributed by atoms with Gasteiger partial charge in [-0.05, 0) is 43.2 Å². The third kappa shape index (κ3) is 3.93. The van der Waals surface area contributed by atoms with Gasteiger partial charge in [-0.3, -0.25) is 9.78 Å². The topological polar surface area (TPSA) is 33.2 Å². The van der Waals surface area contributed by atoms with Crippen molar-refractivity contribution in [3.05, 3.63) is 42.7 Å². The van der Waals surface area contributed by atoms with Gasteiger partial charge in [-0.2, -0.15) is 0 Å². The van der Waals surface area contributed by atoms with Gasteiger partial charge in [0.25, 0.3) is 0 Å². The van der Waals surface area contributed by atoms with Gasteiger partial charge in [-0.1, -0.05) is 26.0 Å². The van der Waals surface area contributed by atoms with Crippen LogP contribution < -0.4 is 0 Å². The van der Waals surface area contributed by atoms with Crippen LogP contribution in [0.5, 0.6) is 0 Å². The van der Waals surface area contributed by atoms with E-state index < -0.39 is 0 Å². The van der Waals surface area contributed by atoms with E-state index in [-0.39, 0.29) is 17.4 Å². The van der Waals surface area contributed by atoms with Crippen molar-refractivity contribution in [3.8, 4) is 0 Å². The normalized spacial score (nSPS) is 21.0. The highest BCUT2D eigenvalue weighted by Crippen LogP contribution is 2.37. The smallest absolute Gasteiger partial charge is 0.223 e. The molecule has 1 saturated heterocycles. The van der Waals surface area contributed by atoms with Gasteiger partial charge in [-0.25, -0.2) is 0 Å². The minimum absolute atomic E-state index is 0.174. The van der Waals surface area contributed by atoms with E-state index >= 15 is 0 Å². The summed E-state index contributed by atoms with van der Waals surface area (Å²) in [6.07, 6.45) is 8.13. The molecule has 0 radical (unpaired) electrons. The molecule has 0 bridgehead atoms. The molecular formula is C18H26N2O. The minimum atomic E-state index is 0.174. The van der Waals surface area contributed by atoms with Crippen molar-refractivity contribution >= 4 is 5.91 Å². The van der Waals surface area contributed by atoms with Crippen molar-refractivity contribution in [3.63, 3.8) is 0 Å². The molecule has 0 N–H and O–H groups in total. The van der Waals surface area contributed by atoms with E-state index in [2.05, 4.69) is 30.3 Å². The summed E-state index contributed by atoms with van der Waals surface area (Å²) in [5.74, 6) is 0.250. The molecule has 1 atom stereocenters. The minimum Gasteiger partial charge on any atom is -0.339 e. The van der Waals surface area contributed by atoms with Crippen molar-refractivity contribution < 1.29 is 4.79 Å². The number of nitrogens with zero attached hydrogens (tertiary/aromatic N) is 2. The second-order valence-corrected chi connectivity index (χ2v) is 6.54. The predicted octanol–water partition coefficient (Wildman–Crippen LogP) is 3.61. The molecule has 114 valence electrons. The maximum absolute atomic E-state index is 12.6. The molecule has 0 aromatic carbocycles. The number of pyridine rings is 1. The third-order valence-electron chi connectivity index (χ3n) is 4.53. The molecule has 3 nitrogen and oxygen atoms in total. The molecule has 1 fully saturated rings. The highest BCUT2D eigenvalue weighted by atomic mass is 16.2. The number of carbonyl (C=O) groups excluding carboxylic acids is 1. The van der Waals surface area contributed by atoms with Gasteiger partial charge in [0.05, 0.1) is 0 Å². The number of aryl methyl sites for hydroxylation is 1. The molecule has 3 heteroatoms. The van der Waals surface area contributed by atoms with Gasteiger partial charge in [0.1, 0.15) is 0 Å². The van der Waals surface area contributed by atoms with Gasteiger partial charge < -0.3 is 4.90 Å². The fourth-order valence-corrected chi connectivity index (χ4v) is 3.28. The Bertz CT molecular complexity index is 481. The zero-order valence-electron chi connectivity index (χ0n) is 13.2. The lowest BCUT2D eigenvalue weighted by atomic mass is 9.75. The predicted molar refractivity (Wildman–Crippen MR) is 85.9 cm³/mol. The number of piperidine rings is 1. The van der Waals surface area contributed by atoms with Crippen LogP contribution in [0, 0.1) is 5.41 Å². The van der Waals surface area contributed by atoms with E-state index in [0.29, 0.717) is 6.42 Å². The van der Waals surface area contributed by atoms with E-state index in [4.69, 9.17) is 0 Å². The summed E-state index contributed by atoms with van der Waals surface area (Å²) in [5.41, 5.74) is 1.16. The van der Waals surface area contributed by atoms with Crippen LogP contribution in [0.1, 0.15) is 45.2 Å². The number of aromatic nitrogens is 1. The van der Waals surface area contributed by atoms with Crippen LogP contribution in [0.4, 0.5) is 0 Å². The van der Waals surface area contributed by atoms with E-state index in [0.717, 1.165) is 31.5 Å². The van der Waals surface area contributed by atoms with Crippen LogP contribution in [0.3, 0.4) is 0 Å². The number of likely N-dealkylation sites (tertiary alicyclic amines) is 1. The van der Waals surface area contributed by atoms with Gasteiger partial charge in [0.15, 0.2) is 0 Å². The van der Waals surface area contributed by atoms with Gasteiger partial charge in [-0.15, -0.1) is 6.58 Å². The SMILES string of the molecule is C=CCC1N(C(=O)CCc2ccccn2)CCCC1(C)C. The first kappa shape index (κ1) is 15.7. The molecule has 1 aliphatic rings. The summed E-state index contributed by atoms with van der Waals surface area (Å²) in [7, 11) is 0. The lowest BCUT2D eigenvalue weighted by molar-refractivity contribution is -0.138. The Morgan fingerprint density at radius 3 is 3.00 bits per heavy atom. The monoisotopic (exact) mass is 286 g/mol. The Morgan fingerprint density at radius 2 is 2.33 bits per heavy atom. The summed E-state index contributed by atoms with van der Waals surface area (Å²) < 4.78 is 0. The zero-order valence-corrected chi connectivity index (χ0v) is 13.2. The summed E-state index contributed by atoms with van der Waals surface area (Å²) in [5, 5.41) is 0. The fraction of sp³-hybridized carbons (Fsp3) is 0.556. The molecule has 1 unspecified atom stereocenters. The van der Waals surface area contributed by atoms with Crippen molar-refractivity contribution in [1.29, 1.82) is 0 Å². The van der Waals surface area contributed by atoms with Crippen LogP contribution in [-0.2, 0) is 11.2 Å². The molecule has 1 aromatic rings. The van der Waals surface area contributed by atoms with Crippen LogP contribution in [0.15, 0.2) is 37.1 Å². The summed E-state index contributed by atoms with van der Waals surface area (Å²) in [4.78, 5) is 19.0. The van der Waals surface area contributed by atoms with Gasteiger partial charge in [0.2, 0.25) is 5.91 Å². The first-order valence-corrected chi connectivity index (χ1v) is 7.85. The maximum atomic E-state index is 12.6. The van der Waals surface area contributed by atoms with E-state index in [1.807, 2.05) is 24.3 Å². The standard InChI is InChI=1S/C18H26N2O/c1-4-8-16-18(2,3)12-7-14-20(16)17(21)11-10-15-9-5-6-13-19-15/h4-6,9,13,16H,1,7-8,10-12,14H2,2-3H3. The molecule has 0 saturated carbocycles. The second kappa shape index (κ2) is 6.88. The Labute approximate surface area is 128 Å². The lowest BCUT2D eigenvalue weighted by Crippen LogP contribution is -2.52. The summed E-state index contributed by atoms with van der Waals surface area (Å²) in [6.45, 7) is 9.26. The fourth-order valence-electron chi connectivity index (χ4n) is 3.28. The molecule has 0 spiro atoms. The van der Waals surface area contributed by atoms with Crippen molar-refractivity contribution in [1.82, 2.24) is 9.88 Å². The lowest BCUT2D eigenvalue weighted by Gasteiger charge is -2.46. The Kier molecular flexibility index (Phi) is 5.16. The Balaban J connectivity index is 2.00. The Hall–Kier alpha value is -1.64. The van der Waals surface area contributed by atoms with Crippen LogP contribution in [-0.4, -0.2) is 28.4 Å². The number of hydrogen-bond donors (Lipinski definition) is 0. The first-order chi connectivity index (χ1) is 10.0. The Morgan fingerprint density at radius 1 is 1.52 bits per heavy atom. The highest BCUT2D eigenvalue weighted by Gasteiger charge is 2.38. The van der Waals surface area contributed by atoms with Crippen molar-refractivity contribution in [2.24, 2.45) is 5.41 Å². The molecule has 1 aromatic heterocycles. The van der Waals surface area contributed by atoms with Gasteiger partial charge in [0, 0.05) is 30.9 Å². The van der Waals surface area contributed by atoms with E-state index in [9.17, 15) is 4.79 Å². The molecule has 0 aliphatic carbocycles. The third-order valence-corrected chi connectivity index (χ3v) is 4.53. The van der Waals surface area contributed by atoms with E-state index in [1.54, 1.807) is 6.20 Å². The van der Waals surface area contributed by atoms with Crippen LogP contribution in [0.25, 0.3) is 0 Å². The zero-order chi connectivity index (χ0) is 15.3. The van der Waals surface area contributed by atoms with E-state index in [1.165, 1.54) is 6.42 Å². The quantitative estimate of drug-likeness (QED) is 0.775. The number of carbonyl (C=O) groups is 1. The summed E-state index contributed by atoms with van der Waals surface area (Å²) >= 11 is 0. The largest absolute Gasteiger partial charge is 0.339 e. The second-order valence-electron chi connectivity index (χ2n) is 6.54. The maximum Gasteiger partial charge on any atom is 0.223 e. The highest BCUT2D eigenvalue weighted by molar-refractivity contribution is 5.77. The average molecular weight is 286 g/mol. The number of rotatable bonds is 5. The molecule has 21 heavy (non-hydrogen) atoms. The molecule has 2 rings (SSSR count). The van der Waals surface area contributed by atoms with Crippen LogP contribution >= 0.6 is 0 Å². The molecule has 2 heterocycles. The average Bonchev–Trinajstić information content (AvgIpc) is 2.48. The number of amides is 1. The first-order valence-electron chi connectivity index (χ1n) is 7.85. The molecule has 1 aliphatic heterocycles. The molecule has 1 amide bonds. The van der Waals surface area contributed by atoms with Gasteiger partial charge >= 0.3 is 0 Å².